The molecule has 27 heavy (non-hydrogen) atoms. The van der Waals surface area contributed by atoms with E-state index in [1.54, 1.807) is 32.4 Å². The van der Waals surface area contributed by atoms with Gasteiger partial charge in [0, 0.05) is 11.8 Å². The summed E-state index contributed by atoms with van der Waals surface area (Å²) >= 11 is 0. The molecule has 0 fully saturated rings. The van der Waals surface area contributed by atoms with Crippen molar-refractivity contribution in [1.29, 1.82) is 0 Å². The Morgan fingerprint density at radius 2 is 1.56 bits per heavy atom. The highest BCUT2D eigenvalue weighted by Crippen LogP contribution is 2.30. The summed E-state index contributed by atoms with van der Waals surface area (Å²) in [4.78, 5) is 13.1. The van der Waals surface area contributed by atoms with E-state index in [1.807, 2.05) is 43.3 Å². The summed E-state index contributed by atoms with van der Waals surface area (Å²) in [5.41, 5.74) is 3.52. The summed E-state index contributed by atoms with van der Waals surface area (Å²) in [6.07, 6.45) is 0. The topological polar surface area (TPSA) is 60.7 Å². The Morgan fingerprint density at radius 3 is 2.26 bits per heavy atom. The molecule has 5 nitrogen and oxygen atoms in total. The van der Waals surface area contributed by atoms with Crippen LogP contribution in [-0.4, -0.2) is 14.2 Å². The maximum absolute atomic E-state index is 13.1. The van der Waals surface area contributed by atoms with Crippen molar-refractivity contribution in [3.63, 3.8) is 0 Å². The first-order chi connectivity index (χ1) is 13.1. The van der Waals surface area contributed by atoms with Crippen LogP contribution in [0.1, 0.15) is 5.56 Å². The molecule has 0 spiro atoms. The molecule has 136 valence electrons. The minimum Gasteiger partial charge on any atom is -0.497 e. The Balaban J connectivity index is 1.91. The van der Waals surface area contributed by atoms with Gasteiger partial charge >= 0.3 is 0 Å². The number of ether oxygens (including phenoxy) is 2. The molecule has 0 radical (unpaired) electrons. The lowest BCUT2D eigenvalue weighted by molar-refractivity contribution is 0.414. The van der Waals surface area contributed by atoms with Crippen molar-refractivity contribution in [3.05, 3.63) is 70.4 Å². The molecule has 1 N–H and O–H groups in total. The Kier molecular flexibility index (Phi) is 4.20. The minimum absolute atomic E-state index is 0.0788. The molecular weight excluding hydrogens is 342 g/mol. The van der Waals surface area contributed by atoms with Crippen molar-refractivity contribution in [3.8, 4) is 11.5 Å². The van der Waals surface area contributed by atoms with Crippen LogP contribution in [0.5, 0.6) is 11.5 Å². The molecule has 0 unspecified atom stereocenters. The monoisotopic (exact) mass is 361 g/mol. The van der Waals surface area contributed by atoms with E-state index in [2.05, 4.69) is 5.32 Å². The van der Waals surface area contributed by atoms with E-state index in [1.165, 1.54) is 0 Å². The van der Waals surface area contributed by atoms with Gasteiger partial charge in [0.1, 0.15) is 22.7 Å². The van der Waals surface area contributed by atoms with Crippen molar-refractivity contribution >= 4 is 33.3 Å². The predicted octanol–water partition coefficient (Wildman–Crippen LogP) is 5.02. The highest BCUT2D eigenvalue weighted by Gasteiger charge is 2.13. The number of fused-ring (bicyclic) bond motifs is 2. The lowest BCUT2D eigenvalue weighted by atomic mass is 10.1. The van der Waals surface area contributed by atoms with Gasteiger partial charge in [0.15, 0.2) is 0 Å². The SMILES string of the molecule is COc1ccc(Nc2cc(C)cc3oc4cc(OC)ccc4c(=O)c23)cc1. The number of benzene rings is 3. The van der Waals surface area contributed by atoms with Gasteiger partial charge in [0.2, 0.25) is 5.43 Å². The first kappa shape index (κ1) is 17.0. The van der Waals surface area contributed by atoms with Crippen LogP contribution in [0, 0.1) is 6.92 Å². The molecule has 4 rings (SSSR count). The molecule has 0 saturated heterocycles. The fourth-order valence-corrected chi connectivity index (χ4v) is 3.15. The zero-order valence-electron chi connectivity index (χ0n) is 15.3. The molecule has 1 aromatic heterocycles. The standard InChI is InChI=1S/C22H19NO4/c1-13-10-18(23-14-4-6-15(25-2)7-5-14)21-20(11-13)27-19-12-16(26-3)8-9-17(19)22(21)24/h4-12,23H,1-3H3. The molecular formula is C22H19NO4. The normalized spacial score (nSPS) is 10.9. The van der Waals surface area contributed by atoms with Gasteiger partial charge in [-0.25, -0.2) is 0 Å². The molecule has 0 bridgehead atoms. The van der Waals surface area contributed by atoms with Crippen molar-refractivity contribution in [2.75, 3.05) is 19.5 Å². The first-order valence-corrected chi connectivity index (χ1v) is 8.55. The van der Waals surface area contributed by atoms with Gasteiger partial charge in [-0.2, -0.15) is 0 Å². The van der Waals surface area contributed by atoms with Gasteiger partial charge < -0.3 is 19.2 Å². The molecule has 0 aliphatic carbocycles. The Hall–Kier alpha value is -3.47. The molecule has 0 atom stereocenters. The van der Waals surface area contributed by atoms with Gasteiger partial charge in [-0.15, -0.1) is 0 Å². The van der Waals surface area contributed by atoms with Crippen LogP contribution in [-0.2, 0) is 0 Å². The molecule has 3 aromatic carbocycles. The third kappa shape index (κ3) is 3.08. The van der Waals surface area contributed by atoms with Crippen molar-refractivity contribution < 1.29 is 13.9 Å². The smallest absolute Gasteiger partial charge is 0.202 e. The maximum atomic E-state index is 13.1. The van der Waals surface area contributed by atoms with Crippen LogP contribution in [0.4, 0.5) is 11.4 Å². The highest BCUT2D eigenvalue weighted by atomic mass is 16.5. The van der Waals surface area contributed by atoms with Gasteiger partial charge in [-0.05, 0) is 61.0 Å². The third-order valence-electron chi connectivity index (χ3n) is 4.50. The van der Waals surface area contributed by atoms with E-state index in [4.69, 9.17) is 13.9 Å². The second-order valence-corrected chi connectivity index (χ2v) is 6.33. The highest BCUT2D eigenvalue weighted by molar-refractivity contribution is 5.98. The number of rotatable bonds is 4. The second kappa shape index (κ2) is 6.68. The number of hydrogen-bond donors (Lipinski definition) is 1. The molecule has 4 aromatic rings. The predicted molar refractivity (Wildman–Crippen MR) is 108 cm³/mol. The average molecular weight is 361 g/mol. The van der Waals surface area contributed by atoms with Crippen LogP contribution < -0.4 is 20.2 Å². The second-order valence-electron chi connectivity index (χ2n) is 6.33. The van der Waals surface area contributed by atoms with E-state index < -0.39 is 0 Å². The van der Waals surface area contributed by atoms with Crippen LogP contribution in [0.25, 0.3) is 21.9 Å². The number of methoxy groups -OCH3 is 2. The van der Waals surface area contributed by atoms with E-state index >= 15 is 0 Å². The number of anilines is 2. The molecule has 1 heterocycles. The van der Waals surface area contributed by atoms with E-state index in [-0.39, 0.29) is 5.43 Å². The van der Waals surface area contributed by atoms with Gasteiger partial charge in [-0.1, -0.05) is 0 Å². The van der Waals surface area contributed by atoms with Crippen LogP contribution in [0.15, 0.2) is 63.8 Å². The fraction of sp³-hybridized carbons (Fsp3) is 0.136. The third-order valence-corrected chi connectivity index (χ3v) is 4.50. The van der Waals surface area contributed by atoms with E-state index in [0.29, 0.717) is 33.4 Å². The van der Waals surface area contributed by atoms with E-state index in [0.717, 1.165) is 17.0 Å². The summed E-state index contributed by atoms with van der Waals surface area (Å²) < 4.78 is 16.5. The van der Waals surface area contributed by atoms with Crippen LogP contribution in [0.3, 0.4) is 0 Å². The fourth-order valence-electron chi connectivity index (χ4n) is 3.15. The lowest BCUT2D eigenvalue weighted by Gasteiger charge is -2.12. The van der Waals surface area contributed by atoms with Crippen molar-refractivity contribution in [2.24, 2.45) is 0 Å². The minimum atomic E-state index is -0.0788. The van der Waals surface area contributed by atoms with Gasteiger partial charge in [0.25, 0.3) is 0 Å². The molecule has 5 heteroatoms. The molecule has 0 aliphatic heterocycles. The van der Waals surface area contributed by atoms with Crippen LogP contribution in [0.2, 0.25) is 0 Å². The lowest BCUT2D eigenvalue weighted by Crippen LogP contribution is -2.06. The summed E-state index contributed by atoms with van der Waals surface area (Å²) in [6, 6.07) is 16.6. The molecule has 0 amide bonds. The number of hydrogen-bond acceptors (Lipinski definition) is 5. The molecule has 0 aliphatic rings. The maximum Gasteiger partial charge on any atom is 0.202 e. The summed E-state index contributed by atoms with van der Waals surface area (Å²) in [7, 11) is 3.21. The zero-order valence-corrected chi connectivity index (χ0v) is 15.3. The average Bonchev–Trinajstić information content (AvgIpc) is 2.67. The Bertz CT molecular complexity index is 1190. The van der Waals surface area contributed by atoms with Crippen molar-refractivity contribution in [1.82, 2.24) is 0 Å². The summed E-state index contributed by atoms with van der Waals surface area (Å²) in [6.45, 7) is 1.97. The zero-order chi connectivity index (χ0) is 19.0. The van der Waals surface area contributed by atoms with Crippen molar-refractivity contribution in [2.45, 2.75) is 6.92 Å². The summed E-state index contributed by atoms with van der Waals surface area (Å²) in [5, 5.41) is 4.37. The quantitative estimate of drug-likeness (QED) is 0.518. The van der Waals surface area contributed by atoms with Gasteiger partial charge in [-0.3, -0.25) is 4.79 Å². The Labute approximate surface area is 156 Å². The van der Waals surface area contributed by atoms with Gasteiger partial charge in [0.05, 0.1) is 30.7 Å². The summed E-state index contributed by atoms with van der Waals surface area (Å²) in [5.74, 6) is 1.42. The first-order valence-electron chi connectivity index (χ1n) is 8.55. The number of aryl methyl sites for hydroxylation is 1. The number of nitrogens with one attached hydrogen (secondary N) is 1. The largest absolute Gasteiger partial charge is 0.497 e. The van der Waals surface area contributed by atoms with E-state index in [9.17, 15) is 4.79 Å². The van der Waals surface area contributed by atoms with Crippen LogP contribution >= 0.6 is 0 Å². The Morgan fingerprint density at radius 1 is 0.852 bits per heavy atom. The molecule has 0 saturated carbocycles.